The van der Waals surface area contributed by atoms with E-state index in [0.717, 1.165) is 0 Å². The lowest BCUT2D eigenvalue weighted by atomic mass is 10.6. The highest BCUT2D eigenvalue weighted by atomic mass is 35.9. The van der Waals surface area contributed by atoms with Crippen LogP contribution < -0.4 is 0 Å². The summed E-state index contributed by atoms with van der Waals surface area (Å²) in [5, 5.41) is 33.0. The van der Waals surface area contributed by atoms with Crippen molar-refractivity contribution < 1.29 is 20.4 Å². The fourth-order valence-corrected chi connectivity index (χ4v) is 1.18. The van der Waals surface area contributed by atoms with Crippen LogP contribution in [0.4, 0.5) is 0 Å². The quantitative estimate of drug-likeness (QED) is 0.361. The highest BCUT2D eigenvalue weighted by Crippen LogP contribution is 2.52. The fourth-order valence-electron chi connectivity index (χ4n) is 0.131. The molecule has 4 N–H and O–H groups in total. The third-order valence-electron chi connectivity index (χ3n) is 0.531. The standard InChI is InChI=1S/C2H5Cl2O4P/c3-9(4)1(5)2(6,7)8/h1,5-8H. The van der Waals surface area contributed by atoms with E-state index in [-0.39, 0.29) is 0 Å². The summed E-state index contributed by atoms with van der Waals surface area (Å²) >= 11 is 10.0. The summed E-state index contributed by atoms with van der Waals surface area (Å²) in [5.74, 6) is -5.12. The normalized spacial score (nSPS) is 16.3. The van der Waals surface area contributed by atoms with E-state index in [2.05, 4.69) is 0 Å². The summed E-state index contributed by atoms with van der Waals surface area (Å²) < 4.78 is 0. The average Bonchev–Trinajstić information content (AvgIpc) is 1.62. The van der Waals surface area contributed by atoms with E-state index in [9.17, 15) is 0 Å². The molecule has 0 heterocycles. The number of halogens is 2. The molecular weight excluding hydrogens is 190 g/mol. The molecule has 1 atom stereocenters. The second-order valence-electron chi connectivity index (χ2n) is 1.32. The van der Waals surface area contributed by atoms with Crippen LogP contribution in [-0.4, -0.2) is 32.2 Å². The van der Waals surface area contributed by atoms with Crippen molar-refractivity contribution in [2.45, 2.75) is 11.8 Å². The average molecular weight is 195 g/mol. The predicted molar refractivity (Wildman–Crippen MR) is 34.0 cm³/mol. The zero-order valence-electron chi connectivity index (χ0n) is 4.07. The van der Waals surface area contributed by atoms with Crippen LogP contribution in [0.1, 0.15) is 0 Å². The Morgan fingerprint density at radius 2 is 1.56 bits per heavy atom. The molecule has 0 saturated heterocycles. The van der Waals surface area contributed by atoms with Crippen LogP contribution in [0.2, 0.25) is 0 Å². The minimum atomic E-state index is -3.20. The molecule has 0 spiro atoms. The van der Waals surface area contributed by atoms with E-state index in [0.29, 0.717) is 0 Å². The smallest absolute Gasteiger partial charge is 0.309 e. The first kappa shape index (κ1) is 9.85. The first-order valence-corrected chi connectivity index (χ1v) is 5.03. The minimum absolute atomic E-state index is 1.92. The van der Waals surface area contributed by atoms with Gasteiger partial charge in [-0.15, -0.1) is 0 Å². The molecule has 0 aromatic carbocycles. The molecule has 0 aliphatic carbocycles. The molecule has 0 aliphatic rings. The largest absolute Gasteiger partial charge is 0.378 e. The van der Waals surface area contributed by atoms with Gasteiger partial charge in [0.05, 0.1) is 0 Å². The molecular formula is C2H5Cl2O4P. The zero-order valence-corrected chi connectivity index (χ0v) is 6.48. The van der Waals surface area contributed by atoms with Crippen LogP contribution in [0.5, 0.6) is 0 Å². The summed E-state index contributed by atoms with van der Waals surface area (Å²) in [5.41, 5.74) is 0. The van der Waals surface area contributed by atoms with Crippen molar-refractivity contribution in [3.63, 3.8) is 0 Å². The van der Waals surface area contributed by atoms with E-state index in [1.54, 1.807) is 0 Å². The van der Waals surface area contributed by atoms with Crippen LogP contribution >= 0.6 is 29.1 Å². The Bertz CT molecular complexity index is 91.1. The Balaban J connectivity index is 3.88. The second-order valence-corrected chi connectivity index (χ2v) is 5.03. The van der Waals surface area contributed by atoms with Gasteiger partial charge in [0.15, 0.2) is 5.85 Å². The molecule has 0 aromatic rings. The van der Waals surface area contributed by atoms with Gasteiger partial charge >= 0.3 is 5.97 Å². The lowest BCUT2D eigenvalue weighted by molar-refractivity contribution is -0.336. The van der Waals surface area contributed by atoms with E-state index in [4.69, 9.17) is 42.9 Å². The Morgan fingerprint density at radius 1 is 1.22 bits per heavy atom. The van der Waals surface area contributed by atoms with Gasteiger partial charge in [0.25, 0.3) is 0 Å². The lowest BCUT2D eigenvalue weighted by Crippen LogP contribution is -2.39. The minimum Gasteiger partial charge on any atom is -0.378 e. The first-order chi connectivity index (χ1) is 3.85. The van der Waals surface area contributed by atoms with E-state index < -0.39 is 18.4 Å². The van der Waals surface area contributed by atoms with Gasteiger partial charge in [0, 0.05) is 0 Å². The van der Waals surface area contributed by atoms with Crippen molar-refractivity contribution >= 4 is 29.1 Å². The second kappa shape index (κ2) is 3.30. The van der Waals surface area contributed by atoms with Crippen LogP contribution in [0, 0.1) is 0 Å². The van der Waals surface area contributed by atoms with Gasteiger partial charge in [-0.25, -0.2) is 0 Å². The van der Waals surface area contributed by atoms with Crippen LogP contribution in [-0.2, 0) is 0 Å². The van der Waals surface area contributed by atoms with Gasteiger partial charge in [-0.1, -0.05) is 22.5 Å². The summed E-state index contributed by atoms with van der Waals surface area (Å²) in [4.78, 5) is 0. The molecule has 7 heteroatoms. The maximum Gasteiger partial charge on any atom is 0.309 e. The van der Waals surface area contributed by atoms with E-state index in [1.807, 2.05) is 0 Å². The molecule has 4 nitrogen and oxygen atoms in total. The van der Waals surface area contributed by atoms with Crippen molar-refractivity contribution in [1.82, 2.24) is 0 Å². The van der Waals surface area contributed by atoms with E-state index in [1.165, 1.54) is 0 Å². The molecule has 0 bridgehead atoms. The third-order valence-corrected chi connectivity index (χ3v) is 2.36. The number of hydrogen-bond donors (Lipinski definition) is 4. The summed E-state index contributed by atoms with van der Waals surface area (Å²) in [7, 11) is 0. The molecule has 0 fully saturated rings. The number of aliphatic hydroxyl groups excluding tert-OH is 1. The highest BCUT2D eigenvalue weighted by molar-refractivity contribution is 8.04. The molecule has 9 heavy (non-hydrogen) atoms. The van der Waals surface area contributed by atoms with Gasteiger partial charge in [0.2, 0.25) is 0 Å². The Labute approximate surface area is 62.0 Å². The number of rotatable bonds is 2. The SMILES string of the molecule is OC(P(Cl)Cl)C(O)(O)O. The highest BCUT2D eigenvalue weighted by Gasteiger charge is 2.35. The third kappa shape index (κ3) is 3.53. The molecule has 56 valence electrons. The maximum absolute atomic E-state index is 8.48. The maximum atomic E-state index is 8.48. The Hall–Kier alpha value is 0.850. The van der Waals surface area contributed by atoms with Gasteiger partial charge in [-0.3, -0.25) is 0 Å². The summed E-state index contributed by atoms with van der Waals surface area (Å²) in [6.45, 7) is -2.00. The van der Waals surface area contributed by atoms with Crippen molar-refractivity contribution in [2.24, 2.45) is 0 Å². The van der Waals surface area contributed by atoms with Crippen LogP contribution in [0.25, 0.3) is 0 Å². The van der Waals surface area contributed by atoms with Gasteiger partial charge in [0.1, 0.15) is 6.63 Å². The first-order valence-electron chi connectivity index (χ1n) is 1.81. The predicted octanol–water partition coefficient (Wildman–Crippen LogP) is -0.275. The molecule has 0 saturated carbocycles. The Kier molecular flexibility index (Phi) is 3.61. The molecule has 0 aromatic heterocycles. The number of hydrogen-bond acceptors (Lipinski definition) is 4. The van der Waals surface area contributed by atoms with Crippen LogP contribution in [0.15, 0.2) is 0 Å². The van der Waals surface area contributed by atoms with Gasteiger partial charge in [-0.05, 0) is 0 Å². The monoisotopic (exact) mass is 194 g/mol. The van der Waals surface area contributed by atoms with Crippen LogP contribution in [0.3, 0.4) is 0 Å². The molecule has 1 unspecified atom stereocenters. The van der Waals surface area contributed by atoms with Crippen molar-refractivity contribution in [1.29, 1.82) is 0 Å². The molecule has 0 rings (SSSR count). The molecule has 0 radical (unpaired) electrons. The topological polar surface area (TPSA) is 80.9 Å². The van der Waals surface area contributed by atoms with E-state index >= 15 is 0 Å². The number of aliphatic hydroxyl groups is 4. The van der Waals surface area contributed by atoms with Gasteiger partial charge < -0.3 is 20.4 Å². The zero-order chi connectivity index (χ0) is 7.65. The summed E-state index contributed by atoms with van der Waals surface area (Å²) in [6.07, 6.45) is 0. The van der Waals surface area contributed by atoms with Crippen molar-refractivity contribution in [2.75, 3.05) is 0 Å². The van der Waals surface area contributed by atoms with Crippen molar-refractivity contribution in [3.8, 4) is 0 Å². The molecule has 0 amide bonds. The Morgan fingerprint density at radius 3 is 1.56 bits per heavy atom. The fraction of sp³-hybridized carbons (Fsp3) is 1.00. The lowest BCUT2D eigenvalue weighted by Gasteiger charge is -2.20. The summed E-state index contributed by atoms with van der Waals surface area (Å²) in [6, 6.07) is 0. The van der Waals surface area contributed by atoms with Gasteiger partial charge in [-0.2, -0.15) is 0 Å². The van der Waals surface area contributed by atoms with Crippen molar-refractivity contribution in [3.05, 3.63) is 0 Å². The molecule has 0 aliphatic heterocycles.